The molecule has 2 nitrogen and oxygen atoms in total. The van der Waals surface area contributed by atoms with Gasteiger partial charge in [-0.1, -0.05) is 30.7 Å². The smallest absolute Gasteiger partial charge is 0.0409 e. The summed E-state index contributed by atoms with van der Waals surface area (Å²) in [6.45, 7) is 8.04. The van der Waals surface area contributed by atoms with Crippen LogP contribution in [0.2, 0.25) is 5.02 Å². The molecule has 0 radical (unpaired) electrons. The molecule has 19 heavy (non-hydrogen) atoms. The summed E-state index contributed by atoms with van der Waals surface area (Å²) >= 11 is 6.07. The van der Waals surface area contributed by atoms with E-state index in [1.807, 2.05) is 12.1 Å². The molecule has 1 aromatic carbocycles. The van der Waals surface area contributed by atoms with Crippen molar-refractivity contribution in [3.05, 3.63) is 34.9 Å². The molecule has 0 aliphatic carbocycles. The monoisotopic (exact) mass is 280 g/mol. The van der Waals surface area contributed by atoms with Crippen molar-refractivity contribution < 1.29 is 0 Å². The summed E-state index contributed by atoms with van der Waals surface area (Å²) in [5, 5.41) is 4.59. The topological polar surface area (TPSA) is 15.3 Å². The standard InChI is InChI=1S/C16H25ClN2/c1-11-10-19(4)12(2)8-16(11)18-13(3)14-6-5-7-15(17)9-14/h5-7,9,11-13,16,18H,8,10H2,1-4H3. The Morgan fingerprint density at radius 3 is 2.79 bits per heavy atom. The zero-order valence-electron chi connectivity index (χ0n) is 12.4. The summed E-state index contributed by atoms with van der Waals surface area (Å²) in [4.78, 5) is 2.45. The number of rotatable bonds is 3. The Kier molecular flexibility index (Phi) is 4.88. The number of piperidine rings is 1. The first-order chi connectivity index (χ1) is 8.97. The Bertz CT molecular complexity index is 421. The molecule has 1 heterocycles. The van der Waals surface area contributed by atoms with Crippen molar-refractivity contribution >= 4 is 11.6 Å². The number of nitrogens with one attached hydrogen (secondary N) is 1. The minimum atomic E-state index is 0.349. The van der Waals surface area contributed by atoms with E-state index in [-0.39, 0.29) is 0 Å². The molecule has 1 fully saturated rings. The Balaban J connectivity index is 2.00. The first-order valence-corrected chi connectivity index (χ1v) is 7.57. The normalized spacial score (nSPS) is 30.3. The van der Waals surface area contributed by atoms with E-state index >= 15 is 0 Å². The average molecular weight is 281 g/mol. The first kappa shape index (κ1) is 14.8. The number of hydrogen-bond acceptors (Lipinski definition) is 2. The van der Waals surface area contributed by atoms with Gasteiger partial charge in [-0.3, -0.25) is 0 Å². The van der Waals surface area contributed by atoms with Gasteiger partial charge in [-0.15, -0.1) is 0 Å². The maximum Gasteiger partial charge on any atom is 0.0409 e. The van der Waals surface area contributed by atoms with Crippen LogP contribution in [0.5, 0.6) is 0 Å². The molecule has 0 bridgehead atoms. The SMILES string of the molecule is CC(NC1CC(C)N(C)CC1C)c1cccc(Cl)c1. The van der Waals surface area contributed by atoms with Crippen molar-refractivity contribution in [2.45, 2.75) is 45.3 Å². The number of likely N-dealkylation sites (tertiary alicyclic amines) is 1. The van der Waals surface area contributed by atoms with Crippen LogP contribution in [0.3, 0.4) is 0 Å². The third-order valence-corrected chi connectivity index (χ3v) is 4.66. The molecule has 1 aromatic rings. The van der Waals surface area contributed by atoms with Crippen molar-refractivity contribution in [2.24, 2.45) is 5.92 Å². The quantitative estimate of drug-likeness (QED) is 0.908. The molecule has 2 rings (SSSR count). The van der Waals surface area contributed by atoms with Crippen LogP contribution in [0, 0.1) is 5.92 Å². The van der Waals surface area contributed by atoms with Gasteiger partial charge < -0.3 is 10.2 Å². The highest BCUT2D eigenvalue weighted by Crippen LogP contribution is 2.24. The fourth-order valence-corrected chi connectivity index (χ4v) is 3.17. The van der Waals surface area contributed by atoms with Crippen molar-refractivity contribution in [1.82, 2.24) is 10.2 Å². The number of nitrogens with zero attached hydrogens (tertiary/aromatic N) is 1. The largest absolute Gasteiger partial charge is 0.307 e. The van der Waals surface area contributed by atoms with Crippen LogP contribution in [0.1, 0.15) is 38.8 Å². The minimum Gasteiger partial charge on any atom is -0.307 e. The van der Waals surface area contributed by atoms with Crippen molar-refractivity contribution in [2.75, 3.05) is 13.6 Å². The summed E-state index contributed by atoms with van der Waals surface area (Å²) in [5.74, 6) is 0.683. The minimum absolute atomic E-state index is 0.349. The molecular formula is C16H25ClN2. The van der Waals surface area contributed by atoms with Gasteiger partial charge in [-0.05, 0) is 50.9 Å². The van der Waals surface area contributed by atoms with E-state index in [0.717, 1.165) is 5.02 Å². The molecule has 0 aromatic heterocycles. The van der Waals surface area contributed by atoms with Crippen LogP contribution in [0.25, 0.3) is 0 Å². The van der Waals surface area contributed by atoms with Gasteiger partial charge in [0, 0.05) is 29.7 Å². The van der Waals surface area contributed by atoms with E-state index in [2.05, 4.69) is 50.2 Å². The van der Waals surface area contributed by atoms with Crippen LogP contribution in [0.15, 0.2) is 24.3 Å². The van der Waals surface area contributed by atoms with Gasteiger partial charge in [0.05, 0.1) is 0 Å². The predicted molar refractivity (Wildman–Crippen MR) is 82.7 cm³/mol. The van der Waals surface area contributed by atoms with Gasteiger partial charge in [0.1, 0.15) is 0 Å². The molecule has 1 N–H and O–H groups in total. The second-order valence-electron chi connectivity index (χ2n) is 6.05. The van der Waals surface area contributed by atoms with Crippen LogP contribution in [-0.4, -0.2) is 30.6 Å². The lowest BCUT2D eigenvalue weighted by Crippen LogP contribution is -2.51. The van der Waals surface area contributed by atoms with Gasteiger partial charge in [0.15, 0.2) is 0 Å². The molecule has 0 spiro atoms. The fraction of sp³-hybridized carbons (Fsp3) is 0.625. The highest BCUT2D eigenvalue weighted by atomic mass is 35.5. The van der Waals surface area contributed by atoms with Gasteiger partial charge in [0.2, 0.25) is 0 Å². The maximum atomic E-state index is 6.07. The summed E-state index contributed by atoms with van der Waals surface area (Å²) in [6, 6.07) is 9.74. The lowest BCUT2D eigenvalue weighted by molar-refractivity contribution is 0.116. The summed E-state index contributed by atoms with van der Waals surface area (Å²) < 4.78 is 0. The fourth-order valence-electron chi connectivity index (χ4n) is 2.97. The Hall–Kier alpha value is -0.570. The third kappa shape index (κ3) is 3.71. The molecule has 1 aliphatic rings. The van der Waals surface area contributed by atoms with E-state index in [1.165, 1.54) is 18.5 Å². The van der Waals surface area contributed by atoms with Crippen LogP contribution < -0.4 is 5.32 Å². The zero-order chi connectivity index (χ0) is 14.0. The second kappa shape index (κ2) is 6.25. The Morgan fingerprint density at radius 2 is 2.11 bits per heavy atom. The van der Waals surface area contributed by atoms with Gasteiger partial charge in [-0.25, -0.2) is 0 Å². The molecule has 106 valence electrons. The summed E-state index contributed by atoms with van der Waals surface area (Å²) in [7, 11) is 2.22. The van der Waals surface area contributed by atoms with E-state index in [0.29, 0.717) is 24.0 Å². The lowest BCUT2D eigenvalue weighted by atomic mass is 9.89. The van der Waals surface area contributed by atoms with Gasteiger partial charge in [0.25, 0.3) is 0 Å². The van der Waals surface area contributed by atoms with E-state index in [9.17, 15) is 0 Å². The Labute approximate surface area is 122 Å². The molecule has 1 saturated heterocycles. The summed E-state index contributed by atoms with van der Waals surface area (Å²) in [6.07, 6.45) is 1.21. The van der Waals surface area contributed by atoms with Gasteiger partial charge in [-0.2, -0.15) is 0 Å². The zero-order valence-corrected chi connectivity index (χ0v) is 13.1. The highest BCUT2D eigenvalue weighted by Gasteiger charge is 2.29. The predicted octanol–water partition coefficient (Wildman–Crippen LogP) is 3.72. The maximum absolute atomic E-state index is 6.07. The van der Waals surface area contributed by atoms with Crippen molar-refractivity contribution in [3.8, 4) is 0 Å². The first-order valence-electron chi connectivity index (χ1n) is 7.19. The molecule has 4 atom stereocenters. The van der Waals surface area contributed by atoms with E-state index in [4.69, 9.17) is 11.6 Å². The molecule has 4 unspecified atom stereocenters. The molecule has 0 saturated carbocycles. The van der Waals surface area contributed by atoms with Crippen LogP contribution in [0.4, 0.5) is 0 Å². The second-order valence-corrected chi connectivity index (χ2v) is 6.49. The lowest BCUT2D eigenvalue weighted by Gasteiger charge is -2.41. The Morgan fingerprint density at radius 1 is 1.37 bits per heavy atom. The van der Waals surface area contributed by atoms with Crippen molar-refractivity contribution in [1.29, 1.82) is 0 Å². The molecular weight excluding hydrogens is 256 g/mol. The van der Waals surface area contributed by atoms with Crippen LogP contribution in [-0.2, 0) is 0 Å². The van der Waals surface area contributed by atoms with Crippen molar-refractivity contribution in [3.63, 3.8) is 0 Å². The highest BCUT2D eigenvalue weighted by molar-refractivity contribution is 6.30. The van der Waals surface area contributed by atoms with E-state index in [1.54, 1.807) is 0 Å². The molecule has 0 amide bonds. The number of benzene rings is 1. The van der Waals surface area contributed by atoms with Gasteiger partial charge >= 0.3 is 0 Å². The van der Waals surface area contributed by atoms with Crippen LogP contribution >= 0.6 is 11.6 Å². The third-order valence-electron chi connectivity index (χ3n) is 4.42. The number of halogens is 1. The number of hydrogen-bond donors (Lipinski definition) is 1. The molecule has 1 aliphatic heterocycles. The van der Waals surface area contributed by atoms with E-state index < -0.39 is 0 Å². The molecule has 3 heteroatoms. The summed E-state index contributed by atoms with van der Waals surface area (Å²) in [5.41, 5.74) is 1.27. The average Bonchev–Trinajstić information content (AvgIpc) is 2.36.